The summed E-state index contributed by atoms with van der Waals surface area (Å²) in [6.07, 6.45) is 2.62. The summed E-state index contributed by atoms with van der Waals surface area (Å²) in [5.74, 6) is 1.49. The molecule has 0 bridgehead atoms. The molecule has 0 aromatic heterocycles. The fraction of sp³-hybridized carbons (Fsp3) is 0.333. The lowest BCUT2D eigenvalue weighted by atomic mass is 9.94. The van der Waals surface area contributed by atoms with Gasteiger partial charge in [0.15, 0.2) is 0 Å². The molecule has 1 unspecified atom stereocenters. The summed E-state index contributed by atoms with van der Waals surface area (Å²) in [5.41, 5.74) is 3.43. The topological polar surface area (TPSA) is 29.5 Å². The first-order valence-corrected chi connectivity index (χ1v) is 7.18. The fourth-order valence-corrected chi connectivity index (χ4v) is 2.77. The zero-order valence-electron chi connectivity index (χ0n) is 11.8. The van der Waals surface area contributed by atoms with Crippen LogP contribution in [0.15, 0.2) is 48.5 Å². The van der Waals surface area contributed by atoms with Gasteiger partial charge in [-0.15, -0.1) is 0 Å². The number of benzene rings is 2. The molecule has 0 radical (unpaired) electrons. The smallest absolute Gasteiger partial charge is 0.122 e. The molecule has 0 heterocycles. The average molecular weight is 268 g/mol. The van der Waals surface area contributed by atoms with Crippen molar-refractivity contribution in [3.05, 3.63) is 65.2 Å². The third kappa shape index (κ3) is 2.70. The minimum atomic E-state index is -0.469. The van der Waals surface area contributed by atoms with Crippen LogP contribution in [0, 0.1) is 0 Å². The van der Waals surface area contributed by atoms with Gasteiger partial charge in [-0.3, -0.25) is 0 Å². The molecule has 2 aromatic carbocycles. The molecule has 1 aliphatic carbocycles. The highest BCUT2D eigenvalue weighted by atomic mass is 16.5. The van der Waals surface area contributed by atoms with Crippen molar-refractivity contribution in [2.45, 2.75) is 31.3 Å². The van der Waals surface area contributed by atoms with E-state index in [1.165, 1.54) is 18.4 Å². The fourth-order valence-electron chi connectivity index (χ4n) is 2.77. The molecule has 2 nitrogen and oxygen atoms in total. The van der Waals surface area contributed by atoms with E-state index < -0.39 is 6.10 Å². The third-order valence-corrected chi connectivity index (χ3v) is 3.98. The van der Waals surface area contributed by atoms with Crippen molar-refractivity contribution >= 4 is 0 Å². The second-order valence-electron chi connectivity index (χ2n) is 5.43. The van der Waals surface area contributed by atoms with Crippen LogP contribution in [0.4, 0.5) is 0 Å². The van der Waals surface area contributed by atoms with Gasteiger partial charge in [-0.2, -0.15) is 0 Å². The number of methoxy groups -OCH3 is 1. The van der Waals surface area contributed by atoms with Crippen LogP contribution in [-0.4, -0.2) is 12.2 Å². The quantitative estimate of drug-likeness (QED) is 0.892. The van der Waals surface area contributed by atoms with Gasteiger partial charge in [0.05, 0.1) is 13.2 Å². The Balaban J connectivity index is 1.84. The van der Waals surface area contributed by atoms with Gasteiger partial charge in [-0.1, -0.05) is 42.5 Å². The highest BCUT2D eigenvalue weighted by Gasteiger charge is 2.27. The molecule has 20 heavy (non-hydrogen) atoms. The molecular weight excluding hydrogens is 248 g/mol. The lowest BCUT2D eigenvalue weighted by Gasteiger charge is -2.17. The first-order chi connectivity index (χ1) is 9.79. The molecule has 1 atom stereocenters. The van der Waals surface area contributed by atoms with E-state index in [0.717, 1.165) is 16.9 Å². The summed E-state index contributed by atoms with van der Waals surface area (Å²) in [6.45, 7) is 0. The Hall–Kier alpha value is -1.80. The van der Waals surface area contributed by atoms with Crippen LogP contribution >= 0.6 is 0 Å². The Bertz CT molecular complexity index is 587. The predicted octanol–water partition coefficient (Wildman–Crippen LogP) is 3.85. The molecule has 2 aromatic rings. The van der Waals surface area contributed by atoms with E-state index in [2.05, 4.69) is 12.1 Å². The van der Waals surface area contributed by atoms with Crippen molar-refractivity contribution in [2.24, 2.45) is 0 Å². The standard InChI is InChI=1S/C18H20O2/c1-20-18-9-5-2-6-14(18)12-17(19)16-8-4-3-7-15(16)13-10-11-13/h2-9,13,17,19H,10-12H2,1H3. The predicted molar refractivity (Wildman–Crippen MR) is 80.1 cm³/mol. The van der Waals surface area contributed by atoms with Gasteiger partial charge in [-0.05, 0) is 41.5 Å². The Kier molecular flexibility index (Phi) is 3.75. The summed E-state index contributed by atoms with van der Waals surface area (Å²) < 4.78 is 5.36. The molecule has 0 spiro atoms. The van der Waals surface area contributed by atoms with E-state index in [1.54, 1.807) is 7.11 Å². The first kappa shape index (κ1) is 13.2. The number of para-hydroxylation sites is 1. The maximum atomic E-state index is 10.6. The van der Waals surface area contributed by atoms with Crippen molar-refractivity contribution in [3.63, 3.8) is 0 Å². The number of aliphatic hydroxyl groups excluding tert-OH is 1. The summed E-state index contributed by atoms with van der Waals surface area (Å²) in [5, 5.41) is 10.6. The molecule has 0 saturated heterocycles. The summed E-state index contributed by atoms with van der Waals surface area (Å²) >= 11 is 0. The normalized spacial score (nSPS) is 15.9. The van der Waals surface area contributed by atoms with Crippen molar-refractivity contribution in [2.75, 3.05) is 7.11 Å². The number of rotatable bonds is 5. The van der Waals surface area contributed by atoms with Gasteiger partial charge in [0, 0.05) is 6.42 Å². The molecule has 2 heteroatoms. The van der Waals surface area contributed by atoms with Crippen LogP contribution in [0.2, 0.25) is 0 Å². The molecule has 1 N–H and O–H groups in total. The zero-order chi connectivity index (χ0) is 13.9. The summed E-state index contributed by atoms with van der Waals surface area (Å²) in [4.78, 5) is 0. The maximum Gasteiger partial charge on any atom is 0.122 e. The number of ether oxygens (including phenoxy) is 1. The molecular formula is C18H20O2. The van der Waals surface area contributed by atoms with Crippen LogP contribution in [-0.2, 0) is 6.42 Å². The number of aliphatic hydroxyl groups is 1. The van der Waals surface area contributed by atoms with E-state index in [-0.39, 0.29) is 0 Å². The van der Waals surface area contributed by atoms with Crippen LogP contribution in [0.25, 0.3) is 0 Å². The SMILES string of the molecule is COc1ccccc1CC(O)c1ccccc1C1CC1. The Morgan fingerprint density at radius 2 is 1.80 bits per heavy atom. The third-order valence-electron chi connectivity index (χ3n) is 3.98. The van der Waals surface area contributed by atoms with Crippen molar-refractivity contribution in [3.8, 4) is 5.75 Å². The van der Waals surface area contributed by atoms with Crippen molar-refractivity contribution in [1.82, 2.24) is 0 Å². The summed E-state index contributed by atoms with van der Waals surface area (Å²) in [6, 6.07) is 16.2. The van der Waals surface area contributed by atoms with Gasteiger partial charge in [0.2, 0.25) is 0 Å². The van der Waals surface area contributed by atoms with Crippen molar-refractivity contribution < 1.29 is 9.84 Å². The highest BCUT2D eigenvalue weighted by molar-refractivity contribution is 5.38. The van der Waals surface area contributed by atoms with Crippen LogP contribution in [0.3, 0.4) is 0 Å². The minimum absolute atomic E-state index is 0.469. The van der Waals surface area contributed by atoms with Gasteiger partial charge in [0.25, 0.3) is 0 Å². The van der Waals surface area contributed by atoms with E-state index in [0.29, 0.717) is 12.3 Å². The molecule has 1 saturated carbocycles. The number of hydrogen-bond donors (Lipinski definition) is 1. The first-order valence-electron chi connectivity index (χ1n) is 7.18. The zero-order valence-corrected chi connectivity index (χ0v) is 11.8. The van der Waals surface area contributed by atoms with E-state index in [1.807, 2.05) is 36.4 Å². The highest BCUT2D eigenvalue weighted by Crippen LogP contribution is 2.43. The van der Waals surface area contributed by atoms with Gasteiger partial charge >= 0.3 is 0 Å². The average Bonchev–Trinajstić information content (AvgIpc) is 3.32. The van der Waals surface area contributed by atoms with E-state index >= 15 is 0 Å². The number of hydrogen-bond acceptors (Lipinski definition) is 2. The minimum Gasteiger partial charge on any atom is -0.496 e. The second-order valence-corrected chi connectivity index (χ2v) is 5.43. The molecule has 1 aliphatic rings. The molecule has 3 rings (SSSR count). The molecule has 0 amide bonds. The molecule has 0 aliphatic heterocycles. The Morgan fingerprint density at radius 1 is 1.10 bits per heavy atom. The van der Waals surface area contributed by atoms with Crippen LogP contribution < -0.4 is 4.74 Å². The lowest BCUT2D eigenvalue weighted by Crippen LogP contribution is -2.06. The monoisotopic (exact) mass is 268 g/mol. The van der Waals surface area contributed by atoms with E-state index in [4.69, 9.17) is 4.74 Å². The van der Waals surface area contributed by atoms with Crippen molar-refractivity contribution in [1.29, 1.82) is 0 Å². The van der Waals surface area contributed by atoms with Crippen LogP contribution in [0.1, 0.15) is 41.6 Å². The van der Waals surface area contributed by atoms with Gasteiger partial charge < -0.3 is 9.84 Å². The van der Waals surface area contributed by atoms with Gasteiger partial charge in [-0.25, -0.2) is 0 Å². The van der Waals surface area contributed by atoms with Gasteiger partial charge in [0.1, 0.15) is 5.75 Å². The Morgan fingerprint density at radius 3 is 2.55 bits per heavy atom. The largest absolute Gasteiger partial charge is 0.496 e. The Labute approximate surface area is 120 Å². The molecule has 104 valence electrons. The lowest BCUT2D eigenvalue weighted by molar-refractivity contribution is 0.176. The maximum absolute atomic E-state index is 10.6. The second kappa shape index (κ2) is 5.68. The summed E-state index contributed by atoms with van der Waals surface area (Å²) in [7, 11) is 1.67. The molecule has 1 fully saturated rings. The van der Waals surface area contributed by atoms with E-state index in [9.17, 15) is 5.11 Å². The van der Waals surface area contributed by atoms with Crippen LogP contribution in [0.5, 0.6) is 5.75 Å².